The third-order valence-electron chi connectivity index (χ3n) is 3.31. The topological polar surface area (TPSA) is 45.7 Å². The lowest BCUT2D eigenvalue weighted by Gasteiger charge is -2.12. The molecule has 5 heteroatoms. The molecule has 4 nitrogen and oxygen atoms in total. The predicted octanol–water partition coefficient (Wildman–Crippen LogP) is 3.70. The summed E-state index contributed by atoms with van der Waals surface area (Å²) >= 11 is 0. The summed E-state index contributed by atoms with van der Waals surface area (Å²) in [5.74, 6) is 0.864. The molecule has 0 fully saturated rings. The van der Waals surface area contributed by atoms with Gasteiger partial charge in [0.05, 0.1) is 6.61 Å². The van der Waals surface area contributed by atoms with Crippen LogP contribution in [0.1, 0.15) is 43.7 Å². The van der Waals surface area contributed by atoms with E-state index in [-0.39, 0.29) is 24.0 Å². The second-order valence-electron chi connectivity index (χ2n) is 5.17. The Morgan fingerprint density at radius 3 is 2.59 bits per heavy atom. The Bertz CT molecular complexity index is 424. The minimum absolute atomic E-state index is 0. The molecule has 0 saturated heterocycles. The number of guanidine groups is 1. The molecule has 1 rings (SSSR count). The van der Waals surface area contributed by atoms with Gasteiger partial charge in [0.1, 0.15) is 0 Å². The Labute approximate surface area is 152 Å². The van der Waals surface area contributed by atoms with Gasteiger partial charge in [-0.25, -0.2) is 0 Å². The second kappa shape index (κ2) is 13.8. The molecule has 22 heavy (non-hydrogen) atoms. The highest BCUT2D eigenvalue weighted by Gasteiger charge is 1.99. The molecule has 0 aliphatic rings. The molecule has 0 spiro atoms. The van der Waals surface area contributed by atoms with Crippen molar-refractivity contribution in [1.29, 1.82) is 0 Å². The lowest BCUT2D eigenvalue weighted by Crippen LogP contribution is -2.37. The number of nitrogens with one attached hydrogen (secondary N) is 2. The van der Waals surface area contributed by atoms with Crippen molar-refractivity contribution in [2.24, 2.45) is 4.99 Å². The van der Waals surface area contributed by atoms with Gasteiger partial charge in [0.2, 0.25) is 0 Å². The molecule has 0 unspecified atom stereocenters. The fourth-order valence-corrected chi connectivity index (χ4v) is 2.16. The van der Waals surface area contributed by atoms with Crippen LogP contribution in [0.5, 0.6) is 0 Å². The molecule has 0 radical (unpaired) electrons. The van der Waals surface area contributed by atoms with E-state index in [4.69, 9.17) is 4.74 Å². The van der Waals surface area contributed by atoms with Gasteiger partial charge in [-0.15, -0.1) is 24.0 Å². The summed E-state index contributed by atoms with van der Waals surface area (Å²) in [6.07, 6.45) is 5.04. The zero-order chi connectivity index (χ0) is 15.3. The van der Waals surface area contributed by atoms with E-state index in [1.54, 1.807) is 7.11 Å². The van der Waals surface area contributed by atoms with E-state index in [1.165, 1.54) is 36.8 Å². The molecule has 0 amide bonds. The average molecular weight is 419 g/mol. The summed E-state index contributed by atoms with van der Waals surface area (Å²) in [5, 5.41) is 6.70. The van der Waals surface area contributed by atoms with E-state index in [9.17, 15) is 0 Å². The Kier molecular flexibility index (Phi) is 13.3. The number of nitrogens with zero attached hydrogens (tertiary/aromatic N) is 1. The minimum atomic E-state index is 0. The van der Waals surface area contributed by atoms with E-state index < -0.39 is 0 Å². The van der Waals surface area contributed by atoms with Gasteiger partial charge < -0.3 is 15.4 Å². The monoisotopic (exact) mass is 419 g/mol. The highest BCUT2D eigenvalue weighted by atomic mass is 127. The number of aliphatic imine (C=N–C) groups is 1. The first kappa shape index (κ1) is 21.2. The first-order chi connectivity index (χ1) is 10.3. The number of methoxy groups -OCH3 is 1. The molecule has 0 bridgehead atoms. The number of ether oxygens (including phenoxy) is 1. The first-order valence-electron chi connectivity index (χ1n) is 7.81. The number of unbranched alkanes of at least 4 members (excludes halogenated alkanes) is 3. The molecule has 2 N–H and O–H groups in total. The Balaban J connectivity index is 0.00000441. The van der Waals surface area contributed by atoms with Crippen molar-refractivity contribution >= 4 is 29.9 Å². The van der Waals surface area contributed by atoms with Crippen LogP contribution in [0, 0.1) is 0 Å². The van der Waals surface area contributed by atoms with Crippen molar-refractivity contribution in [2.75, 3.05) is 20.7 Å². The molecule has 0 aliphatic heterocycles. The van der Waals surface area contributed by atoms with E-state index >= 15 is 0 Å². The number of rotatable bonds is 9. The van der Waals surface area contributed by atoms with E-state index in [1.807, 2.05) is 7.05 Å². The molecular weight excluding hydrogens is 389 g/mol. The summed E-state index contributed by atoms with van der Waals surface area (Å²) in [7, 11) is 3.53. The third-order valence-corrected chi connectivity index (χ3v) is 3.31. The van der Waals surface area contributed by atoms with Gasteiger partial charge in [0.25, 0.3) is 0 Å². The fourth-order valence-electron chi connectivity index (χ4n) is 2.16. The summed E-state index contributed by atoms with van der Waals surface area (Å²) in [6, 6.07) is 8.41. The lowest BCUT2D eigenvalue weighted by molar-refractivity contribution is 0.185. The van der Waals surface area contributed by atoms with Crippen LogP contribution in [0.3, 0.4) is 0 Å². The summed E-state index contributed by atoms with van der Waals surface area (Å²) in [6.45, 7) is 4.62. The Morgan fingerprint density at radius 1 is 1.14 bits per heavy atom. The van der Waals surface area contributed by atoms with Gasteiger partial charge in [-0.05, 0) is 17.5 Å². The van der Waals surface area contributed by atoms with Crippen LogP contribution in [-0.2, 0) is 17.9 Å². The van der Waals surface area contributed by atoms with Crippen molar-refractivity contribution in [3.05, 3.63) is 35.4 Å². The maximum absolute atomic E-state index is 5.16. The maximum atomic E-state index is 5.16. The van der Waals surface area contributed by atoms with Gasteiger partial charge in [0, 0.05) is 27.2 Å². The Morgan fingerprint density at radius 2 is 1.91 bits per heavy atom. The second-order valence-corrected chi connectivity index (χ2v) is 5.17. The van der Waals surface area contributed by atoms with Crippen molar-refractivity contribution in [1.82, 2.24) is 10.6 Å². The minimum Gasteiger partial charge on any atom is -0.380 e. The van der Waals surface area contributed by atoms with E-state index in [0.717, 1.165) is 19.0 Å². The van der Waals surface area contributed by atoms with Crippen molar-refractivity contribution < 1.29 is 4.74 Å². The van der Waals surface area contributed by atoms with Crippen molar-refractivity contribution in [3.8, 4) is 0 Å². The van der Waals surface area contributed by atoms with Gasteiger partial charge in [-0.2, -0.15) is 0 Å². The summed E-state index contributed by atoms with van der Waals surface area (Å²) < 4.78 is 5.16. The smallest absolute Gasteiger partial charge is 0.191 e. The molecule has 126 valence electrons. The lowest BCUT2D eigenvalue weighted by atomic mass is 10.1. The summed E-state index contributed by atoms with van der Waals surface area (Å²) in [5.41, 5.74) is 2.43. The molecular formula is C17H30IN3O. The van der Waals surface area contributed by atoms with Crippen molar-refractivity contribution in [3.63, 3.8) is 0 Å². The zero-order valence-electron chi connectivity index (χ0n) is 14.0. The fraction of sp³-hybridized carbons (Fsp3) is 0.588. The first-order valence-corrected chi connectivity index (χ1v) is 7.81. The molecule has 1 aromatic rings. The predicted molar refractivity (Wildman–Crippen MR) is 105 cm³/mol. The summed E-state index contributed by atoms with van der Waals surface area (Å²) in [4.78, 5) is 4.25. The number of hydrogen-bond donors (Lipinski definition) is 2. The standard InChI is InChI=1S/C17H29N3O.HI/c1-4-5-6-7-11-19-17(18-2)20-13-15-9-8-10-16(12-15)14-21-3;/h8-10,12H,4-7,11,13-14H2,1-3H3,(H2,18,19,20);1H. The zero-order valence-corrected chi connectivity index (χ0v) is 16.4. The molecule has 0 atom stereocenters. The van der Waals surface area contributed by atoms with Crippen molar-refractivity contribution in [2.45, 2.75) is 45.8 Å². The molecule has 0 saturated carbocycles. The Hall–Kier alpha value is -0.820. The number of halogens is 1. The SMILES string of the molecule is CCCCCCNC(=NC)NCc1cccc(COC)c1.I. The van der Waals surface area contributed by atoms with Crippen LogP contribution in [0.15, 0.2) is 29.3 Å². The van der Waals surface area contributed by atoms with Gasteiger partial charge in [-0.3, -0.25) is 4.99 Å². The quantitative estimate of drug-likeness (QED) is 0.278. The largest absolute Gasteiger partial charge is 0.380 e. The molecule has 0 aromatic heterocycles. The van der Waals surface area contributed by atoms with Crippen LogP contribution in [0.2, 0.25) is 0 Å². The average Bonchev–Trinajstić information content (AvgIpc) is 2.51. The van der Waals surface area contributed by atoms with Crippen LogP contribution in [-0.4, -0.2) is 26.7 Å². The van der Waals surface area contributed by atoms with Crippen LogP contribution >= 0.6 is 24.0 Å². The van der Waals surface area contributed by atoms with Crippen LogP contribution < -0.4 is 10.6 Å². The number of benzene rings is 1. The normalized spacial score (nSPS) is 11.0. The van der Waals surface area contributed by atoms with Gasteiger partial charge in [0.15, 0.2) is 5.96 Å². The van der Waals surface area contributed by atoms with Crippen LogP contribution in [0.25, 0.3) is 0 Å². The molecule has 0 heterocycles. The van der Waals surface area contributed by atoms with E-state index in [2.05, 4.69) is 46.8 Å². The maximum Gasteiger partial charge on any atom is 0.191 e. The number of hydrogen-bond acceptors (Lipinski definition) is 2. The highest BCUT2D eigenvalue weighted by molar-refractivity contribution is 14.0. The van der Waals surface area contributed by atoms with E-state index in [0.29, 0.717) is 6.61 Å². The van der Waals surface area contributed by atoms with Gasteiger partial charge >= 0.3 is 0 Å². The molecule has 1 aromatic carbocycles. The highest BCUT2D eigenvalue weighted by Crippen LogP contribution is 2.06. The van der Waals surface area contributed by atoms with Crippen LogP contribution in [0.4, 0.5) is 0 Å². The molecule has 0 aliphatic carbocycles. The third kappa shape index (κ3) is 9.25. The van der Waals surface area contributed by atoms with Gasteiger partial charge in [-0.1, -0.05) is 50.5 Å².